The van der Waals surface area contributed by atoms with E-state index in [-0.39, 0.29) is 17.8 Å². The molecule has 13 heteroatoms. The molecule has 0 bridgehead atoms. The first kappa shape index (κ1) is 25.9. The Labute approximate surface area is 210 Å². The fraction of sp³-hybridized carbons (Fsp3) is 0.250. The lowest BCUT2D eigenvalue weighted by Gasteiger charge is -2.16. The van der Waals surface area contributed by atoms with E-state index in [2.05, 4.69) is 41.5 Å². The Bertz CT molecular complexity index is 1370. The molecule has 0 fully saturated rings. The van der Waals surface area contributed by atoms with E-state index in [0.29, 0.717) is 35.8 Å². The van der Waals surface area contributed by atoms with E-state index in [9.17, 15) is 18.0 Å². The van der Waals surface area contributed by atoms with Crippen LogP contribution < -0.4 is 26.6 Å². The maximum atomic E-state index is 13.6. The van der Waals surface area contributed by atoms with Crippen molar-refractivity contribution in [2.45, 2.75) is 12.7 Å². The number of nitrogens with zero attached hydrogens (tertiary/aromatic N) is 4. The molecule has 0 spiro atoms. The van der Waals surface area contributed by atoms with Gasteiger partial charge in [0.2, 0.25) is 0 Å². The lowest BCUT2D eigenvalue weighted by molar-refractivity contribution is -0.138. The van der Waals surface area contributed by atoms with Gasteiger partial charge in [0.25, 0.3) is 0 Å². The van der Waals surface area contributed by atoms with Crippen LogP contribution in [0, 0.1) is 0 Å². The summed E-state index contributed by atoms with van der Waals surface area (Å²) in [7, 11) is 3.51. The Kier molecular flexibility index (Phi) is 7.84. The molecule has 0 saturated carbocycles. The van der Waals surface area contributed by atoms with E-state index in [4.69, 9.17) is 0 Å². The minimum absolute atomic E-state index is 0.0327. The molecule has 4 aromatic rings. The van der Waals surface area contributed by atoms with Crippen molar-refractivity contribution in [2.75, 3.05) is 43.1 Å². The molecule has 5 N–H and O–H groups in total. The number of amides is 2. The van der Waals surface area contributed by atoms with Crippen LogP contribution in [-0.2, 0) is 12.7 Å². The van der Waals surface area contributed by atoms with E-state index in [1.54, 1.807) is 49.3 Å². The zero-order valence-corrected chi connectivity index (χ0v) is 20.1. The molecule has 2 aromatic heterocycles. The van der Waals surface area contributed by atoms with E-state index in [1.165, 1.54) is 18.5 Å². The van der Waals surface area contributed by atoms with Gasteiger partial charge in [-0.1, -0.05) is 6.07 Å². The third-order valence-corrected chi connectivity index (χ3v) is 5.51. The normalized spacial score (nSPS) is 11.5. The van der Waals surface area contributed by atoms with E-state index >= 15 is 0 Å². The van der Waals surface area contributed by atoms with E-state index in [1.807, 2.05) is 0 Å². The minimum Gasteiger partial charge on any atom is -0.371 e. The van der Waals surface area contributed by atoms with Gasteiger partial charge in [-0.25, -0.2) is 19.7 Å². The summed E-state index contributed by atoms with van der Waals surface area (Å²) in [5, 5.41) is 13.9. The van der Waals surface area contributed by atoms with E-state index in [0.717, 1.165) is 11.8 Å². The second-order valence-electron chi connectivity index (χ2n) is 8.04. The van der Waals surface area contributed by atoms with Crippen molar-refractivity contribution in [3.05, 3.63) is 66.2 Å². The summed E-state index contributed by atoms with van der Waals surface area (Å²) in [6, 6.07) is 9.93. The fourth-order valence-corrected chi connectivity index (χ4v) is 3.71. The number of imidazole rings is 1. The van der Waals surface area contributed by atoms with Crippen LogP contribution in [0.2, 0.25) is 0 Å². The Morgan fingerprint density at radius 3 is 2.38 bits per heavy atom. The van der Waals surface area contributed by atoms with Crippen LogP contribution in [0.25, 0.3) is 16.9 Å². The maximum Gasteiger partial charge on any atom is 0.416 e. The van der Waals surface area contributed by atoms with Gasteiger partial charge in [-0.15, -0.1) is 0 Å². The fourth-order valence-electron chi connectivity index (χ4n) is 3.71. The largest absolute Gasteiger partial charge is 0.416 e. The number of rotatable bonds is 9. The number of nitrogens with one attached hydrogen (secondary N) is 5. The number of aromatic nitrogens is 4. The summed E-state index contributed by atoms with van der Waals surface area (Å²) in [4.78, 5) is 25.2. The quantitative estimate of drug-likeness (QED) is 0.216. The van der Waals surface area contributed by atoms with Crippen LogP contribution in [0.4, 0.5) is 35.2 Å². The molecule has 2 heterocycles. The van der Waals surface area contributed by atoms with Gasteiger partial charge in [0.1, 0.15) is 12.7 Å². The van der Waals surface area contributed by atoms with Crippen molar-refractivity contribution in [1.82, 2.24) is 30.2 Å². The lowest BCUT2D eigenvalue weighted by Crippen LogP contribution is -2.26. The van der Waals surface area contributed by atoms with Crippen LogP contribution in [0.1, 0.15) is 11.1 Å². The van der Waals surface area contributed by atoms with Gasteiger partial charge in [0.05, 0.1) is 5.56 Å². The van der Waals surface area contributed by atoms with Gasteiger partial charge < -0.3 is 26.6 Å². The molecular weight excluding hydrogens is 487 g/mol. The number of fused-ring (bicyclic) bond motifs is 1. The summed E-state index contributed by atoms with van der Waals surface area (Å²) in [5.74, 6) is 0.602. The highest BCUT2D eigenvalue weighted by Gasteiger charge is 2.33. The van der Waals surface area contributed by atoms with Crippen LogP contribution >= 0.6 is 0 Å². The molecule has 0 aliphatic carbocycles. The first-order chi connectivity index (χ1) is 17.8. The number of hydrogen-bond acceptors (Lipinski definition) is 7. The molecule has 2 aromatic carbocycles. The monoisotopic (exact) mass is 513 g/mol. The lowest BCUT2D eigenvalue weighted by atomic mass is 10.1. The Morgan fingerprint density at radius 1 is 0.946 bits per heavy atom. The van der Waals surface area contributed by atoms with Crippen LogP contribution in [0.15, 0.2) is 55.1 Å². The summed E-state index contributed by atoms with van der Waals surface area (Å²) in [6.45, 7) is 1.22. The van der Waals surface area contributed by atoms with Crippen LogP contribution in [0.3, 0.4) is 0 Å². The van der Waals surface area contributed by atoms with Crippen molar-refractivity contribution in [3.8, 4) is 5.69 Å². The van der Waals surface area contributed by atoms with Crippen molar-refractivity contribution in [1.29, 1.82) is 0 Å². The zero-order valence-electron chi connectivity index (χ0n) is 20.1. The molecule has 0 aliphatic heterocycles. The topological polar surface area (TPSA) is 121 Å². The molecule has 0 atom stereocenters. The second kappa shape index (κ2) is 11.2. The van der Waals surface area contributed by atoms with Crippen molar-refractivity contribution >= 4 is 34.4 Å². The predicted octanol–water partition coefficient (Wildman–Crippen LogP) is 3.83. The highest BCUT2D eigenvalue weighted by Crippen LogP contribution is 2.34. The molecule has 0 aliphatic rings. The third-order valence-electron chi connectivity index (χ3n) is 5.51. The summed E-state index contributed by atoms with van der Waals surface area (Å²) in [6.07, 6.45) is -1.50. The molecule has 37 heavy (non-hydrogen) atoms. The number of carbonyl (C=O) groups excluding carboxylic acids is 1. The average molecular weight is 514 g/mol. The van der Waals surface area contributed by atoms with Gasteiger partial charge in [-0.3, -0.25) is 4.57 Å². The van der Waals surface area contributed by atoms with Gasteiger partial charge in [-0.2, -0.15) is 13.2 Å². The van der Waals surface area contributed by atoms with Crippen molar-refractivity contribution < 1.29 is 18.0 Å². The number of halogens is 3. The zero-order chi connectivity index (χ0) is 26.4. The van der Waals surface area contributed by atoms with Crippen LogP contribution in [-0.4, -0.2) is 52.7 Å². The maximum absolute atomic E-state index is 13.6. The molecule has 0 unspecified atom stereocenters. The second-order valence-corrected chi connectivity index (χ2v) is 8.04. The number of urea groups is 1. The third kappa shape index (κ3) is 6.13. The van der Waals surface area contributed by atoms with Crippen molar-refractivity contribution in [3.63, 3.8) is 0 Å². The number of carbonyl (C=O) groups is 1. The molecule has 4 rings (SSSR count). The van der Waals surface area contributed by atoms with E-state index < -0.39 is 17.8 Å². The Hall–Kier alpha value is -4.23. The van der Waals surface area contributed by atoms with Crippen LogP contribution in [0.5, 0.6) is 0 Å². The molecule has 0 radical (unpaired) electrons. The molecular formula is C24H26F3N9O. The Morgan fingerprint density at radius 2 is 1.68 bits per heavy atom. The highest BCUT2D eigenvalue weighted by molar-refractivity contribution is 5.99. The Balaban J connectivity index is 1.43. The summed E-state index contributed by atoms with van der Waals surface area (Å²) >= 11 is 0. The van der Waals surface area contributed by atoms with Gasteiger partial charge >= 0.3 is 12.2 Å². The predicted molar refractivity (Wildman–Crippen MR) is 136 cm³/mol. The highest BCUT2D eigenvalue weighted by atomic mass is 19.4. The van der Waals surface area contributed by atoms with Gasteiger partial charge in [-0.05, 0) is 49.0 Å². The number of alkyl halides is 3. The SMILES string of the molecule is CNCCNCc1ccc(NC(=O)Nc2ccc(-n3cnc4c(NC)ncnc43)cc2)cc1C(F)(F)F. The first-order valence-corrected chi connectivity index (χ1v) is 11.4. The van der Waals surface area contributed by atoms with Gasteiger partial charge in [0, 0.05) is 43.7 Å². The molecule has 0 saturated heterocycles. The summed E-state index contributed by atoms with van der Waals surface area (Å²) < 4.78 is 42.6. The smallest absolute Gasteiger partial charge is 0.371 e. The number of likely N-dealkylation sites (N-methyl/N-ethyl adjacent to an activating group) is 1. The summed E-state index contributed by atoms with van der Waals surface area (Å²) in [5.41, 5.74) is 1.77. The van der Waals surface area contributed by atoms with Gasteiger partial charge in [0.15, 0.2) is 17.0 Å². The number of hydrogen-bond donors (Lipinski definition) is 5. The standard InChI is InChI=1S/C24H26F3N9O/c1-28-9-10-30-12-15-3-4-17(11-19(15)24(25,26)27)35-23(37)34-16-5-7-18(8-6-16)36-14-33-20-21(29-2)31-13-32-22(20)36/h3-8,11,13-14,28,30H,9-10,12H2,1-2H3,(H,29,31,32)(H2,34,35,37). The molecule has 10 nitrogen and oxygen atoms in total. The number of anilines is 3. The average Bonchev–Trinajstić information content (AvgIpc) is 3.31. The molecule has 2 amide bonds. The number of benzene rings is 2. The first-order valence-electron chi connectivity index (χ1n) is 11.4. The molecule has 194 valence electrons. The minimum atomic E-state index is -4.56. The van der Waals surface area contributed by atoms with Crippen molar-refractivity contribution in [2.24, 2.45) is 0 Å².